The molecule has 0 spiro atoms. The van der Waals surface area contributed by atoms with Gasteiger partial charge in [0.1, 0.15) is 11.6 Å². The van der Waals surface area contributed by atoms with E-state index >= 15 is 0 Å². The van der Waals surface area contributed by atoms with E-state index in [-0.39, 0.29) is 18.5 Å². The SMILES string of the molecule is CCCCOC(=O)COc1ccc(F)cc1C(C)NCC. The highest BCUT2D eigenvalue weighted by atomic mass is 19.1. The molecule has 0 aliphatic carbocycles. The Balaban J connectivity index is 2.63. The van der Waals surface area contributed by atoms with Crippen LogP contribution in [0.25, 0.3) is 0 Å². The average Bonchev–Trinajstić information content (AvgIpc) is 2.46. The third-order valence-corrected chi connectivity index (χ3v) is 3.06. The minimum atomic E-state index is -0.408. The van der Waals surface area contributed by atoms with Gasteiger partial charge in [0.15, 0.2) is 6.61 Å². The zero-order valence-corrected chi connectivity index (χ0v) is 12.9. The molecule has 4 nitrogen and oxygen atoms in total. The molecule has 5 heteroatoms. The first-order chi connectivity index (χ1) is 10.1. The number of carbonyl (C=O) groups excluding carboxylic acids is 1. The second-order valence-corrected chi connectivity index (χ2v) is 4.82. The number of hydrogen-bond donors (Lipinski definition) is 1. The molecule has 118 valence electrons. The van der Waals surface area contributed by atoms with E-state index in [1.54, 1.807) is 0 Å². The number of esters is 1. The van der Waals surface area contributed by atoms with Crippen LogP contribution in [-0.4, -0.2) is 25.7 Å². The number of hydrogen-bond acceptors (Lipinski definition) is 4. The molecule has 1 aromatic carbocycles. The summed E-state index contributed by atoms with van der Waals surface area (Å²) in [4.78, 5) is 11.5. The maximum Gasteiger partial charge on any atom is 0.344 e. The molecule has 0 saturated carbocycles. The van der Waals surface area contributed by atoms with Gasteiger partial charge in [0.05, 0.1) is 6.61 Å². The van der Waals surface area contributed by atoms with Crippen LogP contribution in [-0.2, 0) is 9.53 Å². The zero-order chi connectivity index (χ0) is 15.7. The minimum absolute atomic E-state index is 0.0585. The van der Waals surface area contributed by atoms with Crippen molar-refractivity contribution >= 4 is 5.97 Å². The van der Waals surface area contributed by atoms with E-state index in [1.165, 1.54) is 18.2 Å². The predicted octanol–water partition coefficient (Wildman–Crippen LogP) is 3.22. The van der Waals surface area contributed by atoms with Crippen LogP contribution in [0.4, 0.5) is 4.39 Å². The van der Waals surface area contributed by atoms with Gasteiger partial charge in [-0.25, -0.2) is 9.18 Å². The second-order valence-electron chi connectivity index (χ2n) is 4.82. The molecule has 0 aromatic heterocycles. The first-order valence-corrected chi connectivity index (χ1v) is 7.39. The van der Waals surface area contributed by atoms with Crippen molar-refractivity contribution in [2.45, 2.75) is 39.7 Å². The summed E-state index contributed by atoms with van der Waals surface area (Å²) >= 11 is 0. The molecule has 1 atom stereocenters. The number of rotatable bonds is 9. The standard InChI is InChI=1S/C16H24FNO3/c1-4-6-9-20-16(19)11-21-15-8-7-13(17)10-14(15)12(3)18-5-2/h7-8,10,12,18H,4-6,9,11H2,1-3H3. The smallest absolute Gasteiger partial charge is 0.344 e. The van der Waals surface area contributed by atoms with Gasteiger partial charge in [-0.05, 0) is 38.1 Å². The van der Waals surface area contributed by atoms with E-state index < -0.39 is 5.97 Å². The minimum Gasteiger partial charge on any atom is -0.482 e. The highest BCUT2D eigenvalue weighted by Crippen LogP contribution is 2.26. The Morgan fingerprint density at radius 2 is 2.14 bits per heavy atom. The quantitative estimate of drug-likeness (QED) is 0.561. The summed E-state index contributed by atoms with van der Waals surface area (Å²) in [6, 6.07) is 4.22. The lowest BCUT2D eigenvalue weighted by atomic mass is 10.1. The van der Waals surface area contributed by atoms with E-state index in [0.717, 1.165) is 19.4 Å². The Kier molecular flexibility index (Phi) is 7.75. The van der Waals surface area contributed by atoms with Crippen LogP contribution in [0.15, 0.2) is 18.2 Å². The number of unbranched alkanes of at least 4 members (excludes halogenated alkanes) is 1. The van der Waals surface area contributed by atoms with Gasteiger partial charge in [-0.15, -0.1) is 0 Å². The molecule has 1 rings (SSSR count). The van der Waals surface area contributed by atoms with Crippen molar-refractivity contribution in [2.24, 2.45) is 0 Å². The molecule has 0 aliphatic rings. The van der Waals surface area contributed by atoms with E-state index in [9.17, 15) is 9.18 Å². The summed E-state index contributed by atoms with van der Waals surface area (Å²) in [6.45, 7) is 6.92. The first kappa shape index (κ1) is 17.4. The third kappa shape index (κ3) is 6.12. The highest BCUT2D eigenvalue weighted by Gasteiger charge is 2.13. The van der Waals surface area contributed by atoms with E-state index in [0.29, 0.717) is 17.9 Å². The molecule has 0 saturated heterocycles. The number of ether oxygens (including phenoxy) is 2. The van der Waals surface area contributed by atoms with Gasteiger partial charge in [-0.2, -0.15) is 0 Å². The van der Waals surface area contributed by atoms with Gasteiger partial charge in [0, 0.05) is 11.6 Å². The van der Waals surface area contributed by atoms with Crippen LogP contribution in [0, 0.1) is 5.82 Å². The fourth-order valence-corrected chi connectivity index (χ4v) is 1.91. The summed E-state index contributed by atoms with van der Waals surface area (Å²) in [7, 11) is 0. The zero-order valence-electron chi connectivity index (χ0n) is 12.9. The van der Waals surface area contributed by atoms with Gasteiger partial charge in [0.2, 0.25) is 0 Å². The largest absolute Gasteiger partial charge is 0.482 e. The highest BCUT2D eigenvalue weighted by molar-refractivity contribution is 5.71. The van der Waals surface area contributed by atoms with Gasteiger partial charge in [-0.3, -0.25) is 0 Å². The average molecular weight is 297 g/mol. The molecule has 0 aliphatic heterocycles. The summed E-state index contributed by atoms with van der Waals surface area (Å²) in [5.41, 5.74) is 0.693. The molecule has 1 aromatic rings. The third-order valence-electron chi connectivity index (χ3n) is 3.06. The molecular formula is C16H24FNO3. The monoisotopic (exact) mass is 297 g/mol. The van der Waals surface area contributed by atoms with Crippen molar-refractivity contribution in [1.82, 2.24) is 5.32 Å². The summed E-state index contributed by atoms with van der Waals surface area (Å²) in [5.74, 6) is -0.236. The van der Waals surface area contributed by atoms with Crippen molar-refractivity contribution in [3.05, 3.63) is 29.6 Å². The topological polar surface area (TPSA) is 47.6 Å². The van der Waals surface area contributed by atoms with Crippen molar-refractivity contribution < 1.29 is 18.7 Å². The number of carbonyl (C=O) groups is 1. The molecule has 0 heterocycles. The van der Waals surface area contributed by atoms with Crippen LogP contribution < -0.4 is 10.1 Å². The molecule has 1 N–H and O–H groups in total. The summed E-state index contributed by atoms with van der Waals surface area (Å²) in [5, 5.41) is 3.20. The Morgan fingerprint density at radius 1 is 1.38 bits per heavy atom. The van der Waals surface area contributed by atoms with E-state index in [2.05, 4.69) is 5.32 Å². The van der Waals surface area contributed by atoms with Gasteiger partial charge in [0.25, 0.3) is 0 Å². The lowest BCUT2D eigenvalue weighted by Gasteiger charge is -2.17. The second kappa shape index (κ2) is 9.34. The molecule has 0 bridgehead atoms. The lowest BCUT2D eigenvalue weighted by molar-refractivity contribution is -0.146. The molecule has 21 heavy (non-hydrogen) atoms. The van der Waals surface area contributed by atoms with E-state index in [4.69, 9.17) is 9.47 Å². The van der Waals surface area contributed by atoms with Crippen molar-refractivity contribution in [3.63, 3.8) is 0 Å². The van der Waals surface area contributed by atoms with Crippen LogP contribution in [0.1, 0.15) is 45.2 Å². The Bertz CT molecular complexity index is 451. The van der Waals surface area contributed by atoms with Crippen LogP contribution >= 0.6 is 0 Å². The summed E-state index contributed by atoms with van der Waals surface area (Å²) in [6.07, 6.45) is 1.81. The van der Waals surface area contributed by atoms with E-state index in [1.807, 2.05) is 20.8 Å². The van der Waals surface area contributed by atoms with Crippen molar-refractivity contribution in [1.29, 1.82) is 0 Å². The van der Waals surface area contributed by atoms with Crippen molar-refractivity contribution in [3.8, 4) is 5.75 Å². The van der Waals surface area contributed by atoms with Crippen LogP contribution in [0.3, 0.4) is 0 Å². The molecule has 0 amide bonds. The number of halogens is 1. The number of benzene rings is 1. The molecular weight excluding hydrogens is 273 g/mol. The Hall–Kier alpha value is -1.62. The number of nitrogens with one attached hydrogen (secondary N) is 1. The molecule has 1 unspecified atom stereocenters. The first-order valence-electron chi connectivity index (χ1n) is 7.39. The predicted molar refractivity (Wildman–Crippen MR) is 79.9 cm³/mol. The fraction of sp³-hybridized carbons (Fsp3) is 0.562. The Labute approximate surface area is 125 Å². The van der Waals surface area contributed by atoms with Gasteiger partial charge in [-0.1, -0.05) is 20.3 Å². The summed E-state index contributed by atoms with van der Waals surface area (Å²) < 4.78 is 23.9. The lowest BCUT2D eigenvalue weighted by Crippen LogP contribution is -2.20. The fourth-order valence-electron chi connectivity index (χ4n) is 1.91. The van der Waals surface area contributed by atoms with Gasteiger partial charge >= 0.3 is 5.97 Å². The van der Waals surface area contributed by atoms with Crippen LogP contribution in [0.2, 0.25) is 0 Å². The van der Waals surface area contributed by atoms with Crippen molar-refractivity contribution in [2.75, 3.05) is 19.8 Å². The normalized spacial score (nSPS) is 12.0. The molecule has 0 radical (unpaired) electrons. The van der Waals surface area contributed by atoms with Crippen LogP contribution in [0.5, 0.6) is 5.75 Å². The molecule has 0 fully saturated rings. The maximum atomic E-state index is 13.4. The van der Waals surface area contributed by atoms with Gasteiger partial charge < -0.3 is 14.8 Å². The Morgan fingerprint density at radius 3 is 2.81 bits per heavy atom. The maximum absolute atomic E-state index is 13.4.